The van der Waals surface area contributed by atoms with Crippen molar-refractivity contribution in [3.8, 4) is 0 Å². The van der Waals surface area contributed by atoms with E-state index in [-0.39, 0.29) is 57.4 Å². The molecular formula is C9H18DyO6. The molecule has 0 aliphatic carbocycles. The minimum Gasteiger partial charge on any atom is -0.481 e. The van der Waals surface area contributed by atoms with Gasteiger partial charge in [0.05, 0.1) is 0 Å². The van der Waals surface area contributed by atoms with E-state index in [2.05, 4.69) is 0 Å². The molecule has 0 saturated carbocycles. The molecule has 16 heavy (non-hydrogen) atoms. The monoisotopic (exact) mass is 386 g/mol. The molecule has 0 rings (SSSR count). The molecule has 0 amide bonds. The first-order chi connectivity index (χ1) is 6.81. The van der Waals surface area contributed by atoms with Crippen molar-refractivity contribution in [2.24, 2.45) is 0 Å². The molecule has 0 aromatic rings. The van der Waals surface area contributed by atoms with Crippen LogP contribution in [-0.4, -0.2) is 33.2 Å². The maximum absolute atomic E-state index is 9.37. The van der Waals surface area contributed by atoms with E-state index in [4.69, 9.17) is 15.3 Å². The van der Waals surface area contributed by atoms with Gasteiger partial charge >= 0.3 is 17.9 Å². The Bertz CT molecular complexity index is 159. The number of hydrogen-bond acceptors (Lipinski definition) is 3. The standard InChI is InChI=1S/3C3H6O2.Dy/c3*1-2-3(4)5;/h3*2H2,1H3,(H,4,5);. The fraction of sp³-hybridized carbons (Fsp3) is 0.667. The molecule has 0 aliphatic heterocycles. The predicted molar refractivity (Wildman–Crippen MR) is 53.8 cm³/mol. The zero-order valence-corrected chi connectivity index (χ0v) is 11.5. The Kier molecular flexibility index (Phi) is 31.2. The quantitative estimate of drug-likeness (QED) is 0.679. The number of carboxylic acid groups (broad SMARTS) is 3. The van der Waals surface area contributed by atoms with Crippen molar-refractivity contribution in [2.45, 2.75) is 40.0 Å². The Hall–Kier alpha value is -0.317. The zero-order chi connectivity index (χ0) is 12.9. The van der Waals surface area contributed by atoms with Crippen LogP contribution in [-0.2, 0) is 14.4 Å². The second-order valence-corrected chi connectivity index (χ2v) is 2.24. The topological polar surface area (TPSA) is 112 Å². The molecule has 0 bridgehead atoms. The van der Waals surface area contributed by atoms with E-state index < -0.39 is 17.9 Å². The van der Waals surface area contributed by atoms with Gasteiger partial charge in [0, 0.05) is 57.4 Å². The van der Waals surface area contributed by atoms with Crippen LogP contribution in [0.1, 0.15) is 40.0 Å². The maximum atomic E-state index is 9.37. The van der Waals surface area contributed by atoms with E-state index >= 15 is 0 Å². The van der Waals surface area contributed by atoms with Crippen LogP contribution in [0.15, 0.2) is 0 Å². The second kappa shape index (κ2) is 20.1. The summed E-state index contributed by atoms with van der Waals surface area (Å²) in [7, 11) is 0. The Balaban J connectivity index is -0.0000000655. The summed E-state index contributed by atoms with van der Waals surface area (Å²) in [5.74, 6) is -2.24. The SMILES string of the molecule is CCC(=O)O.CCC(=O)O.CCC(=O)O.[Dy]. The van der Waals surface area contributed by atoms with Crippen LogP contribution in [0.2, 0.25) is 0 Å². The van der Waals surface area contributed by atoms with Crippen molar-refractivity contribution < 1.29 is 67.9 Å². The first-order valence-corrected chi connectivity index (χ1v) is 4.47. The number of aliphatic carboxylic acids is 3. The number of hydrogen-bond donors (Lipinski definition) is 3. The minimum atomic E-state index is -0.745. The van der Waals surface area contributed by atoms with Crippen molar-refractivity contribution in [3.63, 3.8) is 0 Å². The van der Waals surface area contributed by atoms with Gasteiger partial charge in [0.25, 0.3) is 0 Å². The molecule has 0 fully saturated rings. The van der Waals surface area contributed by atoms with Gasteiger partial charge in [-0.1, -0.05) is 20.8 Å². The van der Waals surface area contributed by atoms with Crippen molar-refractivity contribution in [2.75, 3.05) is 0 Å². The zero-order valence-electron chi connectivity index (χ0n) is 9.50. The largest absolute Gasteiger partial charge is 0.481 e. The summed E-state index contributed by atoms with van der Waals surface area (Å²) in [5, 5.41) is 23.2. The van der Waals surface area contributed by atoms with Crippen molar-refractivity contribution in [3.05, 3.63) is 0 Å². The Morgan fingerprint density at radius 2 is 0.750 bits per heavy atom. The number of rotatable bonds is 3. The first kappa shape index (κ1) is 24.8. The second-order valence-electron chi connectivity index (χ2n) is 2.24. The molecule has 0 radical (unpaired) electrons. The minimum absolute atomic E-state index is 0. The molecule has 0 unspecified atom stereocenters. The van der Waals surface area contributed by atoms with Gasteiger partial charge in [0.2, 0.25) is 0 Å². The fourth-order valence-corrected chi connectivity index (χ4v) is 0. The molecule has 0 heterocycles. The summed E-state index contributed by atoms with van der Waals surface area (Å²) in [4.78, 5) is 28.1. The molecule has 0 spiro atoms. The summed E-state index contributed by atoms with van der Waals surface area (Å²) in [5.41, 5.74) is 0. The molecule has 0 aliphatic rings. The number of carbonyl (C=O) groups is 3. The van der Waals surface area contributed by atoms with Crippen LogP contribution in [0.3, 0.4) is 0 Å². The molecule has 100 valence electrons. The molecule has 0 aromatic heterocycles. The van der Waals surface area contributed by atoms with Crippen LogP contribution in [0.5, 0.6) is 0 Å². The van der Waals surface area contributed by atoms with Crippen LogP contribution >= 0.6 is 0 Å². The van der Waals surface area contributed by atoms with Gasteiger partial charge in [-0.2, -0.15) is 0 Å². The van der Waals surface area contributed by atoms with E-state index in [1.165, 1.54) is 0 Å². The fourth-order valence-electron chi connectivity index (χ4n) is 0. The van der Waals surface area contributed by atoms with E-state index in [0.29, 0.717) is 0 Å². The van der Waals surface area contributed by atoms with E-state index in [1.807, 2.05) is 0 Å². The summed E-state index contributed by atoms with van der Waals surface area (Å²) in [6.45, 7) is 4.80. The Morgan fingerprint density at radius 3 is 0.750 bits per heavy atom. The molecular weight excluding hydrogens is 367 g/mol. The molecule has 6 nitrogen and oxygen atoms in total. The van der Waals surface area contributed by atoms with Crippen LogP contribution in [0, 0.1) is 38.2 Å². The Labute approximate surface area is 125 Å². The van der Waals surface area contributed by atoms with Gasteiger partial charge in [0.15, 0.2) is 0 Å². The summed E-state index contributed by atoms with van der Waals surface area (Å²) >= 11 is 0. The molecule has 0 aromatic carbocycles. The summed E-state index contributed by atoms with van der Waals surface area (Å²) in [6, 6.07) is 0. The normalized spacial score (nSPS) is 6.94. The average molecular weight is 385 g/mol. The van der Waals surface area contributed by atoms with Crippen LogP contribution in [0.4, 0.5) is 0 Å². The van der Waals surface area contributed by atoms with Gasteiger partial charge in [-0.25, -0.2) is 0 Å². The van der Waals surface area contributed by atoms with Gasteiger partial charge in [0.1, 0.15) is 0 Å². The van der Waals surface area contributed by atoms with Gasteiger partial charge in [-0.15, -0.1) is 0 Å². The average Bonchev–Trinajstić information content (AvgIpc) is 2.19. The molecule has 3 N–H and O–H groups in total. The van der Waals surface area contributed by atoms with Crippen LogP contribution in [0.25, 0.3) is 0 Å². The third-order valence-electron chi connectivity index (χ3n) is 0.907. The predicted octanol–water partition coefficient (Wildman–Crippen LogP) is 1.44. The van der Waals surface area contributed by atoms with Crippen molar-refractivity contribution in [1.82, 2.24) is 0 Å². The molecule has 7 heteroatoms. The summed E-state index contributed by atoms with van der Waals surface area (Å²) in [6.07, 6.45) is 0.667. The van der Waals surface area contributed by atoms with E-state index in [0.717, 1.165) is 0 Å². The van der Waals surface area contributed by atoms with Gasteiger partial charge < -0.3 is 15.3 Å². The van der Waals surface area contributed by atoms with Gasteiger partial charge in [-0.05, 0) is 0 Å². The Morgan fingerprint density at radius 1 is 0.688 bits per heavy atom. The van der Waals surface area contributed by atoms with Gasteiger partial charge in [-0.3, -0.25) is 14.4 Å². The van der Waals surface area contributed by atoms with Crippen LogP contribution < -0.4 is 0 Å². The third kappa shape index (κ3) is 68.2. The van der Waals surface area contributed by atoms with E-state index in [1.54, 1.807) is 20.8 Å². The first-order valence-electron chi connectivity index (χ1n) is 4.47. The summed E-state index contributed by atoms with van der Waals surface area (Å²) < 4.78 is 0. The van der Waals surface area contributed by atoms with E-state index in [9.17, 15) is 14.4 Å². The smallest absolute Gasteiger partial charge is 0.303 e. The van der Waals surface area contributed by atoms with Crippen molar-refractivity contribution >= 4 is 17.9 Å². The van der Waals surface area contributed by atoms with Crippen molar-refractivity contribution in [1.29, 1.82) is 0 Å². The number of carboxylic acids is 3. The molecule has 0 atom stereocenters. The molecule has 0 saturated heterocycles. The maximum Gasteiger partial charge on any atom is 0.303 e. The third-order valence-corrected chi connectivity index (χ3v) is 0.907.